The zero-order valence-corrected chi connectivity index (χ0v) is 15.8. The van der Waals surface area contributed by atoms with Crippen molar-refractivity contribution in [2.75, 3.05) is 11.1 Å². The summed E-state index contributed by atoms with van der Waals surface area (Å²) in [6.45, 7) is 4.04. The van der Waals surface area contributed by atoms with Gasteiger partial charge >= 0.3 is 0 Å². The minimum Gasteiger partial charge on any atom is -0.398 e. The monoisotopic (exact) mass is 371 g/mol. The lowest BCUT2D eigenvalue weighted by atomic mass is 9.99. The molecule has 1 aromatic carbocycles. The van der Waals surface area contributed by atoms with Gasteiger partial charge in [0, 0.05) is 47.6 Å². The van der Waals surface area contributed by atoms with Crippen molar-refractivity contribution in [3.8, 4) is 17.2 Å². The predicted octanol–water partition coefficient (Wildman–Crippen LogP) is 3.92. The van der Waals surface area contributed by atoms with Crippen molar-refractivity contribution < 1.29 is 4.79 Å². The second kappa shape index (κ2) is 6.93. The van der Waals surface area contributed by atoms with Crippen LogP contribution in [0.15, 0.2) is 42.9 Å². The normalized spacial score (nSPS) is 20.5. The summed E-state index contributed by atoms with van der Waals surface area (Å²) < 4.78 is 0. The molecule has 2 aromatic heterocycles. The van der Waals surface area contributed by atoms with Crippen molar-refractivity contribution in [1.82, 2.24) is 9.97 Å². The largest absolute Gasteiger partial charge is 0.398 e. The van der Waals surface area contributed by atoms with Crippen molar-refractivity contribution in [1.29, 1.82) is 5.26 Å². The summed E-state index contributed by atoms with van der Waals surface area (Å²) in [6, 6.07) is 9.90. The summed E-state index contributed by atoms with van der Waals surface area (Å²) in [5.41, 5.74) is 9.98. The van der Waals surface area contributed by atoms with Crippen molar-refractivity contribution in [2.45, 2.75) is 20.3 Å². The number of nitriles is 1. The Morgan fingerprint density at radius 3 is 2.89 bits per heavy atom. The number of pyridine rings is 2. The highest BCUT2D eigenvalue weighted by molar-refractivity contribution is 6.00. The van der Waals surface area contributed by atoms with Crippen LogP contribution >= 0.6 is 0 Å². The number of nitrogens with one attached hydrogen (secondary N) is 1. The van der Waals surface area contributed by atoms with Gasteiger partial charge in [0.05, 0.1) is 6.07 Å². The molecule has 28 heavy (non-hydrogen) atoms. The third-order valence-electron chi connectivity index (χ3n) is 5.66. The zero-order valence-electron chi connectivity index (χ0n) is 15.8. The minimum atomic E-state index is -0.119. The predicted molar refractivity (Wildman–Crippen MR) is 109 cm³/mol. The van der Waals surface area contributed by atoms with Crippen molar-refractivity contribution >= 4 is 28.2 Å². The number of fused-ring (bicyclic) bond motifs is 1. The molecule has 0 saturated heterocycles. The molecule has 1 saturated carbocycles. The number of carbonyl (C=O) groups is 1. The summed E-state index contributed by atoms with van der Waals surface area (Å²) in [4.78, 5) is 21.1. The van der Waals surface area contributed by atoms with Crippen LogP contribution in [0.3, 0.4) is 0 Å². The van der Waals surface area contributed by atoms with E-state index in [1.807, 2.05) is 44.3 Å². The maximum Gasteiger partial charge on any atom is 0.229 e. The molecule has 0 unspecified atom stereocenters. The van der Waals surface area contributed by atoms with Crippen molar-refractivity contribution in [2.24, 2.45) is 17.8 Å². The number of amides is 1. The molecule has 1 aliphatic carbocycles. The number of nitrogens with zero attached hydrogens (tertiary/aromatic N) is 3. The first-order chi connectivity index (χ1) is 13.5. The van der Waals surface area contributed by atoms with Crippen LogP contribution in [0.25, 0.3) is 21.9 Å². The van der Waals surface area contributed by atoms with Gasteiger partial charge in [0.15, 0.2) is 0 Å². The Balaban J connectivity index is 1.64. The second-order valence-corrected chi connectivity index (χ2v) is 7.45. The Hall–Kier alpha value is -3.46. The molecule has 1 amide bonds. The highest BCUT2D eigenvalue weighted by Crippen LogP contribution is 2.48. The van der Waals surface area contributed by atoms with Crippen LogP contribution in [0.2, 0.25) is 0 Å². The molecule has 1 fully saturated rings. The van der Waals surface area contributed by atoms with Gasteiger partial charge in [-0.2, -0.15) is 5.26 Å². The average molecular weight is 371 g/mol. The number of rotatable bonds is 4. The molecule has 0 bridgehead atoms. The maximum atomic E-state index is 12.5. The molecular weight excluding hydrogens is 350 g/mol. The van der Waals surface area contributed by atoms with Gasteiger partial charge in [-0.15, -0.1) is 0 Å². The summed E-state index contributed by atoms with van der Waals surface area (Å²) in [5.74, 6) is 0.669. The summed E-state index contributed by atoms with van der Waals surface area (Å²) in [6.07, 6.45) is 5.68. The Morgan fingerprint density at radius 2 is 2.14 bits per heavy atom. The number of carbonyl (C=O) groups excluding carboxylic acids is 1. The van der Waals surface area contributed by atoms with Gasteiger partial charge in [-0.25, -0.2) is 4.98 Å². The number of hydrogen-bond donors (Lipinski definition) is 2. The van der Waals surface area contributed by atoms with E-state index in [0.29, 0.717) is 17.9 Å². The lowest BCUT2D eigenvalue weighted by Crippen LogP contribution is -2.16. The molecule has 140 valence electrons. The molecular formula is C22H21N5O. The molecule has 6 heteroatoms. The summed E-state index contributed by atoms with van der Waals surface area (Å²) >= 11 is 0. The Labute approximate surface area is 163 Å². The first-order valence-corrected chi connectivity index (χ1v) is 9.27. The van der Waals surface area contributed by atoms with Crippen LogP contribution in [0.4, 0.5) is 11.5 Å². The van der Waals surface area contributed by atoms with E-state index in [-0.39, 0.29) is 23.7 Å². The highest BCUT2D eigenvalue weighted by Gasteiger charge is 2.51. The fourth-order valence-corrected chi connectivity index (χ4v) is 3.88. The van der Waals surface area contributed by atoms with Gasteiger partial charge in [-0.05, 0) is 59.5 Å². The van der Waals surface area contributed by atoms with Gasteiger partial charge in [-0.1, -0.05) is 6.92 Å². The number of aryl methyl sites for hydroxylation is 1. The van der Waals surface area contributed by atoms with E-state index in [1.54, 1.807) is 12.4 Å². The van der Waals surface area contributed by atoms with Crippen LogP contribution in [0, 0.1) is 36.0 Å². The lowest BCUT2D eigenvalue weighted by Gasteiger charge is -2.11. The third-order valence-corrected chi connectivity index (χ3v) is 5.66. The Bertz CT molecular complexity index is 1120. The van der Waals surface area contributed by atoms with E-state index < -0.39 is 0 Å². The second-order valence-electron chi connectivity index (χ2n) is 7.45. The van der Waals surface area contributed by atoms with Crippen molar-refractivity contribution in [3.05, 3.63) is 48.4 Å². The average Bonchev–Trinajstić information content (AvgIpc) is 3.31. The smallest absolute Gasteiger partial charge is 0.229 e. The van der Waals surface area contributed by atoms with E-state index in [9.17, 15) is 4.79 Å². The zero-order chi connectivity index (χ0) is 19.8. The molecule has 0 aliphatic heterocycles. The van der Waals surface area contributed by atoms with Gasteiger partial charge in [-0.3, -0.25) is 9.78 Å². The van der Waals surface area contributed by atoms with Gasteiger partial charge < -0.3 is 11.1 Å². The lowest BCUT2D eigenvalue weighted by molar-refractivity contribution is -0.117. The number of nitrogens with two attached hydrogens (primary N) is 1. The fraction of sp³-hybridized carbons (Fsp3) is 0.273. The summed E-state index contributed by atoms with van der Waals surface area (Å²) in [5, 5.41) is 13.5. The SMILES string of the molecule is Cc1ccncc1-c1cc(N)c2cnc(NC(=O)[C@@H]3[C@@H](C)[C@H]3CC#N)cc2c1. The van der Waals surface area contributed by atoms with Crippen LogP contribution in [-0.4, -0.2) is 15.9 Å². The number of hydrogen-bond acceptors (Lipinski definition) is 5. The number of aromatic nitrogens is 2. The maximum absolute atomic E-state index is 12.5. The van der Waals surface area contributed by atoms with Crippen LogP contribution in [-0.2, 0) is 4.79 Å². The Kier molecular flexibility index (Phi) is 4.44. The van der Waals surface area contributed by atoms with Crippen LogP contribution in [0.5, 0.6) is 0 Å². The number of benzene rings is 1. The number of nitrogen functional groups attached to an aromatic ring is 1. The third kappa shape index (κ3) is 3.16. The van der Waals surface area contributed by atoms with Crippen LogP contribution < -0.4 is 11.1 Å². The Morgan fingerprint density at radius 1 is 1.32 bits per heavy atom. The molecule has 1 aliphatic rings. The van der Waals surface area contributed by atoms with E-state index in [0.717, 1.165) is 27.5 Å². The van der Waals surface area contributed by atoms with E-state index in [4.69, 9.17) is 11.0 Å². The molecule has 3 atom stereocenters. The van der Waals surface area contributed by atoms with Crippen LogP contribution in [0.1, 0.15) is 18.9 Å². The van der Waals surface area contributed by atoms with E-state index >= 15 is 0 Å². The molecule has 2 heterocycles. The molecule has 0 spiro atoms. The molecule has 6 nitrogen and oxygen atoms in total. The minimum absolute atomic E-state index is 0.0770. The highest BCUT2D eigenvalue weighted by atomic mass is 16.2. The molecule has 4 rings (SSSR count). The molecule has 0 radical (unpaired) electrons. The summed E-state index contributed by atoms with van der Waals surface area (Å²) in [7, 11) is 0. The van der Waals surface area contributed by atoms with Gasteiger partial charge in [0.1, 0.15) is 5.82 Å². The standard InChI is InChI=1S/C22H21N5O/c1-12-4-6-25-10-17(12)14-7-15-9-20(26-11-18(15)19(24)8-14)27-22(28)21-13(2)16(21)3-5-23/h4,6-11,13,16,21H,3,24H2,1-2H3,(H,26,27,28)/t13-,16+,21+/m0/s1. The van der Waals surface area contributed by atoms with Crippen molar-refractivity contribution in [3.63, 3.8) is 0 Å². The number of anilines is 2. The first kappa shape index (κ1) is 17.9. The topological polar surface area (TPSA) is 105 Å². The fourth-order valence-electron chi connectivity index (χ4n) is 3.88. The first-order valence-electron chi connectivity index (χ1n) is 9.27. The quantitative estimate of drug-likeness (QED) is 0.676. The van der Waals surface area contributed by atoms with E-state index in [2.05, 4.69) is 21.4 Å². The van der Waals surface area contributed by atoms with E-state index in [1.165, 1.54) is 0 Å². The molecule has 3 aromatic rings. The van der Waals surface area contributed by atoms with Gasteiger partial charge in [0.2, 0.25) is 5.91 Å². The van der Waals surface area contributed by atoms with Gasteiger partial charge in [0.25, 0.3) is 0 Å². The molecule has 3 N–H and O–H groups in total.